The fourth-order valence-corrected chi connectivity index (χ4v) is 2.65. The number of morpholine rings is 1. The second-order valence-electron chi connectivity index (χ2n) is 6.38. The molecule has 1 saturated heterocycles. The molecule has 0 aliphatic carbocycles. The molecule has 1 aliphatic heterocycles. The molecule has 0 bridgehead atoms. The van der Waals surface area contributed by atoms with E-state index in [1.165, 1.54) is 0 Å². The number of halogens is 1. The summed E-state index contributed by atoms with van der Waals surface area (Å²) in [6.45, 7) is 6.85. The van der Waals surface area contributed by atoms with Crippen LogP contribution in [0.1, 0.15) is 32.7 Å². The van der Waals surface area contributed by atoms with Crippen molar-refractivity contribution in [2.75, 3.05) is 19.7 Å². The normalized spacial score (nSPS) is 19.1. The van der Waals surface area contributed by atoms with Gasteiger partial charge >= 0.3 is 6.09 Å². The highest BCUT2D eigenvalue weighted by molar-refractivity contribution is 6.32. The van der Waals surface area contributed by atoms with Crippen molar-refractivity contribution in [3.63, 3.8) is 0 Å². The molecule has 0 unspecified atom stereocenters. The molecule has 0 saturated carbocycles. The number of imidazole rings is 1. The largest absolute Gasteiger partial charge is 0.444 e. The summed E-state index contributed by atoms with van der Waals surface area (Å²) in [5.41, 5.74) is 0.187. The molecule has 1 amide bonds. The van der Waals surface area contributed by atoms with Gasteiger partial charge in [-0.3, -0.25) is 4.40 Å². The van der Waals surface area contributed by atoms with Crippen LogP contribution in [0.5, 0.6) is 0 Å². The predicted octanol–water partition coefficient (Wildman–Crippen LogP) is 2.69. The van der Waals surface area contributed by atoms with E-state index in [1.807, 2.05) is 25.2 Å². The lowest BCUT2D eigenvalue weighted by Crippen LogP contribution is -2.45. The Morgan fingerprint density at radius 1 is 1.43 bits per heavy atom. The van der Waals surface area contributed by atoms with Gasteiger partial charge in [-0.15, -0.1) is 0 Å². The zero-order valence-electron chi connectivity index (χ0n) is 13.3. The van der Waals surface area contributed by atoms with E-state index in [2.05, 4.69) is 9.97 Å². The van der Waals surface area contributed by atoms with Crippen LogP contribution >= 0.6 is 11.6 Å². The van der Waals surface area contributed by atoms with Gasteiger partial charge in [-0.05, 0) is 20.8 Å². The third-order valence-electron chi connectivity index (χ3n) is 3.45. The van der Waals surface area contributed by atoms with E-state index in [-0.39, 0.29) is 12.2 Å². The highest BCUT2D eigenvalue weighted by Crippen LogP contribution is 2.25. The van der Waals surface area contributed by atoms with Crippen molar-refractivity contribution < 1.29 is 14.3 Å². The van der Waals surface area contributed by atoms with Crippen LogP contribution in [0.2, 0.25) is 5.15 Å². The number of amides is 1. The van der Waals surface area contributed by atoms with Gasteiger partial charge in [0.25, 0.3) is 0 Å². The lowest BCUT2D eigenvalue weighted by molar-refractivity contribution is -0.0464. The number of carbonyl (C=O) groups is 1. The molecule has 8 heteroatoms. The van der Waals surface area contributed by atoms with Crippen molar-refractivity contribution >= 4 is 23.2 Å². The zero-order chi connectivity index (χ0) is 16.6. The van der Waals surface area contributed by atoms with Crippen LogP contribution in [0.3, 0.4) is 0 Å². The number of ether oxygens (including phenoxy) is 2. The van der Waals surface area contributed by atoms with Crippen LogP contribution in [-0.2, 0) is 9.47 Å². The average Bonchev–Trinajstić information content (AvgIpc) is 2.91. The number of hydrogen-bond acceptors (Lipinski definition) is 5. The summed E-state index contributed by atoms with van der Waals surface area (Å²) in [7, 11) is 0. The summed E-state index contributed by atoms with van der Waals surface area (Å²) >= 11 is 6.06. The summed E-state index contributed by atoms with van der Waals surface area (Å²) in [6, 6.07) is 0. The number of carbonyl (C=O) groups excluding carboxylic acids is 1. The van der Waals surface area contributed by atoms with Gasteiger partial charge < -0.3 is 14.4 Å². The van der Waals surface area contributed by atoms with E-state index < -0.39 is 5.60 Å². The molecular weight excluding hydrogens is 320 g/mol. The molecule has 3 heterocycles. The maximum absolute atomic E-state index is 12.2. The standard InChI is InChI=1S/C15H19ClN4O3/c1-15(2,3)23-14(21)19-6-7-22-11(9-19)13-18-8-10-12(16)17-4-5-20(10)13/h4-5,8,11H,6-7,9H2,1-3H3/t11-/m1/s1. The smallest absolute Gasteiger partial charge is 0.410 e. The Morgan fingerprint density at radius 2 is 2.22 bits per heavy atom. The fourth-order valence-electron chi connectivity index (χ4n) is 2.45. The first-order valence-corrected chi connectivity index (χ1v) is 7.80. The average molecular weight is 339 g/mol. The minimum Gasteiger partial charge on any atom is -0.444 e. The number of fused-ring (bicyclic) bond motifs is 1. The maximum atomic E-state index is 12.2. The molecule has 3 rings (SSSR count). The van der Waals surface area contributed by atoms with Crippen molar-refractivity contribution in [2.45, 2.75) is 32.5 Å². The van der Waals surface area contributed by atoms with Gasteiger partial charge in [-0.2, -0.15) is 0 Å². The van der Waals surface area contributed by atoms with E-state index in [4.69, 9.17) is 21.1 Å². The molecule has 7 nitrogen and oxygen atoms in total. The van der Waals surface area contributed by atoms with Crippen LogP contribution in [0.25, 0.3) is 5.52 Å². The first kappa shape index (κ1) is 16.0. The lowest BCUT2D eigenvalue weighted by Gasteiger charge is -2.33. The van der Waals surface area contributed by atoms with Gasteiger partial charge in [0.1, 0.15) is 23.0 Å². The van der Waals surface area contributed by atoms with Crippen molar-refractivity contribution in [1.82, 2.24) is 19.3 Å². The second-order valence-corrected chi connectivity index (χ2v) is 6.73. The van der Waals surface area contributed by atoms with E-state index in [0.717, 1.165) is 0 Å². The van der Waals surface area contributed by atoms with Crippen LogP contribution in [-0.4, -0.2) is 50.7 Å². The van der Waals surface area contributed by atoms with Gasteiger partial charge in [0.15, 0.2) is 5.15 Å². The van der Waals surface area contributed by atoms with Crippen molar-refractivity contribution in [3.05, 3.63) is 29.6 Å². The van der Waals surface area contributed by atoms with Gasteiger partial charge in [0.2, 0.25) is 0 Å². The van der Waals surface area contributed by atoms with E-state index >= 15 is 0 Å². The molecular formula is C15H19ClN4O3. The molecule has 1 aliphatic rings. The number of rotatable bonds is 1. The highest BCUT2D eigenvalue weighted by atomic mass is 35.5. The monoisotopic (exact) mass is 338 g/mol. The third kappa shape index (κ3) is 3.40. The molecule has 0 radical (unpaired) electrons. The van der Waals surface area contributed by atoms with E-state index in [9.17, 15) is 4.79 Å². The Labute approximate surface area is 139 Å². The lowest BCUT2D eigenvalue weighted by atomic mass is 10.2. The molecule has 1 fully saturated rings. The Bertz CT molecular complexity index is 725. The first-order valence-electron chi connectivity index (χ1n) is 7.42. The molecule has 0 spiro atoms. The van der Waals surface area contributed by atoms with Crippen LogP contribution < -0.4 is 0 Å². The number of nitrogens with zero attached hydrogens (tertiary/aromatic N) is 4. The molecule has 2 aromatic heterocycles. The highest BCUT2D eigenvalue weighted by Gasteiger charge is 2.31. The zero-order valence-corrected chi connectivity index (χ0v) is 14.1. The maximum Gasteiger partial charge on any atom is 0.410 e. The summed E-state index contributed by atoms with van der Waals surface area (Å²) < 4.78 is 13.0. The first-order chi connectivity index (χ1) is 10.8. The fraction of sp³-hybridized carbons (Fsp3) is 0.533. The quantitative estimate of drug-likeness (QED) is 0.799. The SMILES string of the molecule is CC(C)(C)OC(=O)N1CCO[C@@H](c2ncc3c(Cl)nccn23)C1. The van der Waals surface area contributed by atoms with Gasteiger partial charge in [-0.25, -0.2) is 14.8 Å². The second kappa shape index (κ2) is 5.98. The van der Waals surface area contributed by atoms with Crippen molar-refractivity contribution in [2.24, 2.45) is 0 Å². The summed E-state index contributed by atoms with van der Waals surface area (Å²) in [5, 5.41) is 0.381. The Balaban J connectivity index is 1.80. The minimum absolute atomic E-state index is 0.336. The van der Waals surface area contributed by atoms with Gasteiger partial charge in [0.05, 0.1) is 19.3 Å². The Hall–Kier alpha value is -1.86. The Morgan fingerprint density at radius 3 is 2.96 bits per heavy atom. The van der Waals surface area contributed by atoms with Gasteiger partial charge in [0, 0.05) is 18.9 Å². The number of hydrogen-bond donors (Lipinski definition) is 0. The summed E-state index contributed by atoms with van der Waals surface area (Å²) in [4.78, 5) is 22.3. The van der Waals surface area contributed by atoms with Gasteiger partial charge in [-0.1, -0.05) is 11.6 Å². The molecule has 1 atom stereocenters. The van der Waals surface area contributed by atoms with Crippen LogP contribution in [0, 0.1) is 0 Å². The van der Waals surface area contributed by atoms with Crippen LogP contribution in [0.15, 0.2) is 18.6 Å². The van der Waals surface area contributed by atoms with Crippen molar-refractivity contribution in [3.8, 4) is 0 Å². The van der Waals surface area contributed by atoms with Crippen molar-refractivity contribution in [1.29, 1.82) is 0 Å². The van der Waals surface area contributed by atoms with Crippen LogP contribution in [0.4, 0.5) is 4.79 Å². The molecule has 2 aromatic rings. The van der Waals surface area contributed by atoms with E-state index in [1.54, 1.807) is 23.5 Å². The summed E-state index contributed by atoms with van der Waals surface area (Å²) in [5.74, 6) is 0.692. The topological polar surface area (TPSA) is 69.0 Å². The predicted molar refractivity (Wildman–Crippen MR) is 84.5 cm³/mol. The molecule has 23 heavy (non-hydrogen) atoms. The summed E-state index contributed by atoms with van der Waals surface area (Å²) in [6.07, 6.45) is 4.36. The Kier molecular flexibility index (Phi) is 4.16. The molecule has 0 aromatic carbocycles. The third-order valence-corrected chi connectivity index (χ3v) is 3.74. The van der Waals surface area contributed by atoms with E-state index in [0.29, 0.717) is 36.2 Å². The number of aromatic nitrogens is 3. The molecule has 0 N–H and O–H groups in total. The minimum atomic E-state index is -0.524. The molecule has 124 valence electrons.